The summed E-state index contributed by atoms with van der Waals surface area (Å²) in [5, 5.41) is 1.51. The van der Waals surface area contributed by atoms with Crippen LogP contribution in [0.5, 0.6) is 0 Å². The molecule has 1 saturated carbocycles. The van der Waals surface area contributed by atoms with Crippen LogP contribution in [-0.4, -0.2) is 43.5 Å². The molecular weight excluding hydrogens is 464 g/mol. The van der Waals surface area contributed by atoms with E-state index in [0.717, 1.165) is 0 Å². The molecule has 2 amide bonds. The third-order valence-electron chi connectivity index (χ3n) is 5.75. The number of alkyl halides is 2. The number of hydrogen-bond acceptors (Lipinski definition) is 5. The zero-order valence-corrected chi connectivity index (χ0v) is 18.5. The number of rotatable bonds is 4. The van der Waals surface area contributed by atoms with Crippen molar-refractivity contribution in [3.05, 3.63) is 58.6 Å². The molecule has 0 saturated heterocycles. The van der Waals surface area contributed by atoms with E-state index < -0.39 is 51.3 Å². The van der Waals surface area contributed by atoms with Crippen LogP contribution in [-0.2, 0) is 21.2 Å². The second-order valence-electron chi connectivity index (χ2n) is 8.00. The number of sulfone groups is 1. The third-order valence-corrected chi connectivity index (χ3v) is 8.23. The van der Waals surface area contributed by atoms with Crippen molar-refractivity contribution in [1.82, 2.24) is 5.32 Å². The van der Waals surface area contributed by atoms with Crippen molar-refractivity contribution in [2.24, 2.45) is 5.73 Å². The lowest BCUT2D eigenvalue weighted by atomic mass is 10.1. The largest absolute Gasteiger partial charge is 0.343 e. The Morgan fingerprint density at radius 3 is 2.47 bits per heavy atom. The van der Waals surface area contributed by atoms with Gasteiger partial charge in [0.1, 0.15) is 6.04 Å². The number of hydrogen-bond donors (Lipinski definition) is 2. The van der Waals surface area contributed by atoms with Gasteiger partial charge in [-0.2, -0.15) is 0 Å². The molecule has 1 aliphatic heterocycles. The van der Waals surface area contributed by atoms with Gasteiger partial charge in [-0.05, 0) is 42.8 Å². The minimum atomic E-state index is -4.00. The van der Waals surface area contributed by atoms with Crippen LogP contribution in [0.2, 0.25) is 5.02 Å². The van der Waals surface area contributed by atoms with Crippen LogP contribution in [0.3, 0.4) is 0 Å². The first-order valence-corrected chi connectivity index (χ1v) is 11.7. The molecule has 0 spiro atoms. The maximum absolute atomic E-state index is 13.2. The van der Waals surface area contributed by atoms with Crippen LogP contribution in [0.25, 0.3) is 0 Å². The predicted octanol–water partition coefficient (Wildman–Crippen LogP) is 2.51. The molecule has 32 heavy (non-hydrogen) atoms. The number of nitrogens with two attached hydrogens (primary N) is 1. The maximum atomic E-state index is 13.2. The van der Waals surface area contributed by atoms with Crippen molar-refractivity contribution in [2.45, 2.75) is 48.0 Å². The summed E-state index contributed by atoms with van der Waals surface area (Å²) in [6, 6.07) is 7.67. The molecule has 1 heterocycles. The Balaban J connectivity index is 1.78. The zero-order chi connectivity index (χ0) is 23.4. The van der Waals surface area contributed by atoms with Crippen molar-refractivity contribution < 1.29 is 26.8 Å². The molecule has 2 aromatic rings. The van der Waals surface area contributed by atoms with Gasteiger partial charge in [0.05, 0.1) is 28.4 Å². The van der Waals surface area contributed by atoms with Crippen molar-refractivity contribution >= 4 is 38.9 Å². The van der Waals surface area contributed by atoms with Crippen molar-refractivity contribution in [3.8, 4) is 0 Å². The number of fused-ring (bicyclic) bond motifs is 1. The summed E-state index contributed by atoms with van der Waals surface area (Å²) < 4.78 is 52.6. The first-order chi connectivity index (χ1) is 14.9. The van der Waals surface area contributed by atoms with Crippen LogP contribution in [0.1, 0.15) is 29.3 Å². The summed E-state index contributed by atoms with van der Waals surface area (Å²) in [7, 11) is -4.00. The first kappa shape index (κ1) is 22.6. The highest BCUT2D eigenvalue weighted by Crippen LogP contribution is 2.42. The van der Waals surface area contributed by atoms with E-state index >= 15 is 0 Å². The van der Waals surface area contributed by atoms with Crippen LogP contribution in [0.15, 0.2) is 47.4 Å². The Morgan fingerprint density at radius 1 is 1.25 bits per heavy atom. The molecule has 2 aromatic carbocycles. The molecule has 7 nitrogen and oxygen atoms in total. The summed E-state index contributed by atoms with van der Waals surface area (Å²) in [5.74, 6) is -4.38. The van der Waals surface area contributed by atoms with E-state index in [2.05, 4.69) is 5.32 Å². The first-order valence-electron chi connectivity index (χ1n) is 9.80. The van der Waals surface area contributed by atoms with Crippen LogP contribution >= 0.6 is 11.6 Å². The van der Waals surface area contributed by atoms with Crippen molar-refractivity contribution in [3.63, 3.8) is 0 Å². The number of benzene rings is 2. The molecular formula is C21H20ClF2N3O4S. The molecule has 1 aliphatic carbocycles. The summed E-state index contributed by atoms with van der Waals surface area (Å²) >= 11 is 5.91. The van der Waals surface area contributed by atoms with E-state index in [1.54, 1.807) is 24.3 Å². The minimum absolute atomic E-state index is 0.0231. The zero-order valence-electron chi connectivity index (χ0n) is 16.9. The molecule has 2 aliphatic rings. The average molecular weight is 484 g/mol. The minimum Gasteiger partial charge on any atom is -0.343 e. The Morgan fingerprint density at radius 2 is 1.88 bits per heavy atom. The van der Waals surface area contributed by atoms with Gasteiger partial charge in [-0.25, -0.2) is 17.2 Å². The van der Waals surface area contributed by atoms with Gasteiger partial charge in [0.2, 0.25) is 5.91 Å². The van der Waals surface area contributed by atoms with Gasteiger partial charge >= 0.3 is 0 Å². The molecule has 1 fully saturated rings. The molecule has 0 bridgehead atoms. The fourth-order valence-corrected chi connectivity index (χ4v) is 5.30. The molecule has 0 radical (unpaired) electrons. The second-order valence-corrected chi connectivity index (χ2v) is 10.7. The summed E-state index contributed by atoms with van der Waals surface area (Å²) in [6.45, 7) is 1.33. The van der Waals surface area contributed by atoms with Crippen LogP contribution in [0, 0.1) is 0 Å². The van der Waals surface area contributed by atoms with E-state index in [4.69, 9.17) is 17.3 Å². The topological polar surface area (TPSA) is 110 Å². The number of amides is 2. The van der Waals surface area contributed by atoms with Gasteiger partial charge in [0.15, 0.2) is 9.84 Å². The monoisotopic (exact) mass is 483 g/mol. The van der Waals surface area contributed by atoms with Gasteiger partial charge < -0.3 is 16.0 Å². The number of carbonyl (C=O) groups excluding carboxylic acids is 2. The Hall–Kier alpha value is -2.56. The molecule has 0 aromatic heterocycles. The standard InChI is InChI=1S/C21H20ClF2N3O4S/c1-11-18(25)20(29)27(10-12-2-5-14(22)6-3-12)15-8-13(4-7-16(15)32(11,30)31)19(28)26-17-9-21(17,23)24/h2-8,11,17-18H,9-10,25H2,1H3,(H,26,28)/t11-,17?,18+/m1/s1. The maximum Gasteiger partial charge on any atom is 0.270 e. The number of nitrogens with zero attached hydrogens (tertiary/aromatic N) is 1. The number of halogens is 3. The molecule has 3 N–H and O–H groups in total. The number of nitrogens with one attached hydrogen (secondary N) is 1. The molecule has 4 rings (SSSR count). The van der Waals surface area contributed by atoms with E-state index in [1.165, 1.54) is 30.0 Å². The van der Waals surface area contributed by atoms with E-state index in [9.17, 15) is 26.8 Å². The van der Waals surface area contributed by atoms with Gasteiger partial charge in [-0.3, -0.25) is 9.59 Å². The highest BCUT2D eigenvalue weighted by Gasteiger charge is 2.58. The smallest absolute Gasteiger partial charge is 0.270 e. The summed E-state index contributed by atoms with van der Waals surface area (Å²) in [4.78, 5) is 26.7. The number of anilines is 1. The van der Waals surface area contributed by atoms with Gasteiger partial charge in [0.25, 0.3) is 11.8 Å². The summed E-state index contributed by atoms with van der Waals surface area (Å²) in [5.41, 5.74) is 6.58. The third kappa shape index (κ3) is 3.98. The second kappa shape index (κ2) is 7.79. The molecule has 1 unspecified atom stereocenters. The summed E-state index contributed by atoms with van der Waals surface area (Å²) in [6.07, 6.45) is -0.453. The van der Waals surface area contributed by atoms with E-state index in [-0.39, 0.29) is 22.7 Å². The Kier molecular flexibility index (Phi) is 5.51. The van der Waals surface area contributed by atoms with Gasteiger partial charge in [-0.1, -0.05) is 23.7 Å². The quantitative estimate of drug-likeness (QED) is 0.694. The van der Waals surface area contributed by atoms with E-state index in [0.29, 0.717) is 10.6 Å². The van der Waals surface area contributed by atoms with Crippen LogP contribution < -0.4 is 16.0 Å². The van der Waals surface area contributed by atoms with Crippen molar-refractivity contribution in [2.75, 3.05) is 4.90 Å². The Bertz CT molecular complexity index is 1200. The van der Waals surface area contributed by atoms with Crippen LogP contribution in [0.4, 0.5) is 14.5 Å². The molecule has 170 valence electrons. The van der Waals surface area contributed by atoms with Crippen molar-refractivity contribution in [1.29, 1.82) is 0 Å². The molecule has 11 heteroatoms. The van der Waals surface area contributed by atoms with Gasteiger partial charge in [0, 0.05) is 17.0 Å². The lowest BCUT2D eigenvalue weighted by molar-refractivity contribution is -0.119. The lowest BCUT2D eigenvalue weighted by Gasteiger charge is -2.25. The molecule has 3 atom stereocenters. The highest BCUT2D eigenvalue weighted by molar-refractivity contribution is 7.92. The fraction of sp³-hybridized carbons (Fsp3) is 0.333. The lowest BCUT2D eigenvalue weighted by Crippen LogP contribution is -2.49. The SMILES string of the molecule is C[C@@H]1[C@H](N)C(=O)N(Cc2ccc(Cl)cc2)c2cc(C(=O)NC3CC3(F)F)ccc2S1(=O)=O. The number of carbonyl (C=O) groups is 2. The highest BCUT2D eigenvalue weighted by atomic mass is 35.5. The van der Waals surface area contributed by atoms with E-state index in [1.807, 2.05) is 0 Å². The van der Waals surface area contributed by atoms with Gasteiger partial charge in [-0.15, -0.1) is 0 Å². The average Bonchev–Trinajstić information content (AvgIpc) is 3.36. The Labute approximate surface area is 188 Å². The fourth-order valence-electron chi connectivity index (χ4n) is 3.55. The predicted molar refractivity (Wildman–Crippen MR) is 115 cm³/mol. The normalized spacial score (nSPS) is 25.6.